The Balaban J connectivity index is 0.00000392. The van der Waals surface area contributed by atoms with Crippen LogP contribution < -0.4 is 10.6 Å². The van der Waals surface area contributed by atoms with E-state index in [1.165, 1.54) is 0 Å². The van der Waals surface area contributed by atoms with Crippen molar-refractivity contribution < 1.29 is 9.59 Å². The van der Waals surface area contributed by atoms with E-state index in [1.54, 1.807) is 0 Å². The van der Waals surface area contributed by atoms with Crippen molar-refractivity contribution in [2.24, 2.45) is 4.99 Å². The third-order valence-corrected chi connectivity index (χ3v) is 5.22. The minimum Gasteiger partial charge on any atom is -0.357 e. The highest BCUT2D eigenvalue weighted by Gasteiger charge is 2.30. The molecule has 9 heteroatoms. The SMILES string of the molecule is CCCNC(=O)CN=C(NCC)N1CCN(C(C)C(=O)N2CCCC2)CC1.I. The number of hydrogen-bond donors (Lipinski definition) is 2. The molecular weight excluding hydrogens is 471 g/mol. The summed E-state index contributed by atoms with van der Waals surface area (Å²) < 4.78 is 0. The van der Waals surface area contributed by atoms with E-state index >= 15 is 0 Å². The Labute approximate surface area is 186 Å². The predicted molar refractivity (Wildman–Crippen MR) is 123 cm³/mol. The van der Waals surface area contributed by atoms with Gasteiger partial charge in [-0.3, -0.25) is 14.5 Å². The molecule has 0 saturated carbocycles. The first-order valence-corrected chi connectivity index (χ1v) is 10.4. The van der Waals surface area contributed by atoms with Crippen molar-refractivity contribution in [3.8, 4) is 0 Å². The van der Waals surface area contributed by atoms with Crippen molar-refractivity contribution in [1.82, 2.24) is 25.3 Å². The zero-order valence-corrected chi connectivity index (χ0v) is 19.9. The molecule has 0 aromatic carbocycles. The van der Waals surface area contributed by atoms with Crippen LogP contribution in [0.4, 0.5) is 0 Å². The largest absolute Gasteiger partial charge is 0.357 e. The number of aliphatic imine (C=N–C) groups is 1. The molecule has 2 saturated heterocycles. The maximum Gasteiger partial charge on any atom is 0.241 e. The molecule has 2 aliphatic rings. The summed E-state index contributed by atoms with van der Waals surface area (Å²) in [5.74, 6) is 0.993. The fourth-order valence-electron chi connectivity index (χ4n) is 3.57. The molecule has 2 fully saturated rings. The van der Waals surface area contributed by atoms with E-state index < -0.39 is 0 Å². The Hall–Kier alpha value is -1.10. The lowest BCUT2D eigenvalue weighted by Crippen LogP contribution is -2.57. The maximum atomic E-state index is 12.6. The van der Waals surface area contributed by atoms with Gasteiger partial charge >= 0.3 is 0 Å². The summed E-state index contributed by atoms with van der Waals surface area (Å²) in [6.45, 7) is 12.7. The molecule has 162 valence electrons. The number of guanidine groups is 1. The van der Waals surface area contributed by atoms with Crippen LogP contribution in [-0.4, -0.2) is 97.4 Å². The summed E-state index contributed by atoms with van der Waals surface area (Å²) in [6, 6.07) is -0.0652. The third-order valence-electron chi connectivity index (χ3n) is 5.22. The van der Waals surface area contributed by atoms with Gasteiger partial charge in [0, 0.05) is 52.4 Å². The molecule has 0 spiro atoms. The van der Waals surface area contributed by atoms with Gasteiger partial charge in [-0.15, -0.1) is 24.0 Å². The van der Waals surface area contributed by atoms with E-state index in [2.05, 4.69) is 25.4 Å². The molecule has 0 aromatic rings. The number of amides is 2. The number of carbonyl (C=O) groups excluding carboxylic acids is 2. The van der Waals surface area contributed by atoms with Crippen molar-refractivity contribution in [1.29, 1.82) is 0 Å². The van der Waals surface area contributed by atoms with E-state index in [-0.39, 0.29) is 48.4 Å². The molecule has 2 heterocycles. The Kier molecular flexibility index (Phi) is 11.7. The van der Waals surface area contributed by atoms with Crippen molar-refractivity contribution in [2.75, 3.05) is 58.9 Å². The highest BCUT2D eigenvalue weighted by molar-refractivity contribution is 14.0. The average molecular weight is 508 g/mol. The summed E-state index contributed by atoms with van der Waals surface area (Å²) in [7, 11) is 0. The first kappa shape index (κ1) is 24.9. The monoisotopic (exact) mass is 508 g/mol. The van der Waals surface area contributed by atoms with Crippen LogP contribution in [0.3, 0.4) is 0 Å². The van der Waals surface area contributed by atoms with Gasteiger partial charge in [0.2, 0.25) is 11.8 Å². The van der Waals surface area contributed by atoms with Gasteiger partial charge in [0.05, 0.1) is 6.04 Å². The fraction of sp³-hybridized carbons (Fsp3) is 0.842. The number of piperazine rings is 1. The van der Waals surface area contributed by atoms with Crippen LogP contribution in [0.1, 0.15) is 40.0 Å². The molecule has 1 atom stereocenters. The highest BCUT2D eigenvalue weighted by Crippen LogP contribution is 2.14. The molecule has 0 radical (unpaired) electrons. The number of halogens is 1. The number of nitrogens with one attached hydrogen (secondary N) is 2. The number of nitrogens with zero attached hydrogens (tertiary/aromatic N) is 4. The van der Waals surface area contributed by atoms with Crippen LogP contribution in [0.2, 0.25) is 0 Å². The topological polar surface area (TPSA) is 80.3 Å². The Bertz CT molecular complexity index is 517. The molecule has 1 unspecified atom stereocenters. The summed E-state index contributed by atoms with van der Waals surface area (Å²) >= 11 is 0. The molecule has 2 N–H and O–H groups in total. The normalized spacial score (nSPS) is 19.2. The summed E-state index contributed by atoms with van der Waals surface area (Å²) in [5, 5.41) is 6.13. The Morgan fingerprint density at radius 1 is 0.964 bits per heavy atom. The van der Waals surface area contributed by atoms with Crippen LogP contribution >= 0.6 is 24.0 Å². The zero-order valence-electron chi connectivity index (χ0n) is 17.6. The number of rotatable bonds is 7. The van der Waals surface area contributed by atoms with Gasteiger partial charge in [-0.05, 0) is 33.1 Å². The van der Waals surface area contributed by atoms with Crippen LogP contribution in [0.25, 0.3) is 0 Å². The lowest BCUT2D eigenvalue weighted by Gasteiger charge is -2.39. The Morgan fingerprint density at radius 2 is 1.61 bits per heavy atom. The molecule has 2 aliphatic heterocycles. The third kappa shape index (κ3) is 7.38. The minimum absolute atomic E-state index is 0. The van der Waals surface area contributed by atoms with Gasteiger partial charge < -0.3 is 20.4 Å². The standard InChI is InChI=1S/C19H36N6O2.HI/c1-4-8-21-17(26)15-22-19(20-5-2)25-13-11-23(12-14-25)16(3)18(27)24-9-6-7-10-24;/h16H,4-15H2,1-3H3,(H,20,22)(H,21,26);1H. The van der Waals surface area contributed by atoms with Crippen LogP contribution in [0.5, 0.6) is 0 Å². The molecule has 2 rings (SSSR count). The van der Waals surface area contributed by atoms with E-state index in [0.29, 0.717) is 6.54 Å². The van der Waals surface area contributed by atoms with E-state index in [1.807, 2.05) is 25.7 Å². The van der Waals surface area contributed by atoms with Crippen LogP contribution in [-0.2, 0) is 9.59 Å². The van der Waals surface area contributed by atoms with Crippen molar-refractivity contribution in [3.05, 3.63) is 0 Å². The average Bonchev–Trinajstić information content (AvgIpc) is 3.23. The quantitative estimate of drug-likeness (QED) is 0.301. The number of hydrogen-bond acceptors (Lipinski definition) is 4. The molecule has 28 heavy (non-hydrogen) atoms. The molecule has 0 aliphatic carbocycles. The van der Waals surface area contributed by atoms with Gasteiger partial charge in [0.25, 0.3) is 0 Å². The maximum absolute atomic E-state index is 12.6. The van der Waals surface area contributed by atoms with Gasteiger partial charge in [-0.25, -0.2) is 4.99 Å². The molecule has 2 amide bonds. The van der Waals surface area contributed by atoms with Crippen LogP contribution in [0.15, 0.2) is 4.99 Å². The summed E-state index contributed by atoms with van der Waals surface area (Å²) in [6.07, 6.45) is 3.17. The van der Waals surface area contributed by atoms with Gasteiger partial charge in [-0.2, -0.15) is 0 Å². The Morgan fingerprint density at radius 3 is 2.18 bits per heavy atom. The number of likely N-dealkylation sites (tertiary alicyclic amines) is 1. The smallest absolute Gasteiger partial charge is 0.241 e. The molecular formula is C19H37IN6O2. The van der Waals surface area contributed by atoms with Gasteiger partial charge in [-0.1, -0.05) is 6.92 Å². The predicted octanol–water partition coefficient (Wildman–Crippen LogP) is 0.725. The van der Waals surface area contributed by atoms with E-state index in [4.69, 9.17) is 0 Å². The van der Waals surface area contributed by atoms with E-state index in [9.17, 15) is 9.59 Å². The van der Waals surface area contributed by atoms with Crippen molar-refractivity contribution in [3.63, 3.8) is 0 Å². The molecule has 0 aromatic heterocycles. The van der Waals surface area contributed by atoms with Crippen molar-refractivity contribution >= 4 is 41.8 Å². The van der Waals surface area contributed by atoms with Crippen LogP contribution in [0, 0.1) is 0 Å². The first-order valence-electron chi connectivity index (χ1n) is 10.4. The second-order valence-corrected chi connectivity index (χ2v) is 7.25. The second-order valence-electron chi connectivity index (χ2n) is 7.25. The molecule has 8 nitrogen and oxygen atoms in total. The lowest BCUT2D eigenvalue weighted by molar-refractivity contribution is -0.135. The lowest BCUT2D eigenvalue weighted by atomic mass is 10.2. The number of carbonyl (C=O) groups is 2. The minimum atomic E-state index is -0.0652. The summed E-state index contributed by atoms with van der Waals surface area (Å²) in [4.78, 5) is 35.4. The fourth-order valence-corrected chi connectivity index (χ4v) is 3.57. The van der Waals surface area contributed by atoms with Gasteiger partial charge in [0.15, 0.2) is 5.96 Å². The molecule has 0 bridgehead atoms. The highest BCUT2D eigenvalue weighted by atomic mass is 127. The van der Waals surface area contributed by atoms with Crippen molar-refractivity contribution in [2.45, 2.75) is 46.1 Å². The first-order chi connectivity index (χ1) is 13.1. The second kappa shape index (κ2) is 13.2. The van der Waals surface area contributed by atoms with E-state index in [0.717, 1.165) is 71.0 Å². The van der Waals surface area contributed by atoms with Gasteiger partial charge in [0.1, 0.15) is 6.54 Å². The summed E-state index contributed by atoms with van der Waals surface area (Å²) in [5.41, 5.74) is 0. The zero-order chi connectivity index (χ0) is 19.6.